The third-order valence-electron chi connectivity index (χ3n) is 13.4. The zero-order valence-corrected chi connectivity index (χ0v) is 46.1. The number of hydrogen-bond acceptors (Lipinski definition) is 3. The number of furan rings is 1. The molecule has 4 nitrogen and oxygen atoms in total. The second kappa shape index (κ2) is 19.2. The number of rotatable bonds is 7. The Hall–Kier alpha value is -6.18. The van der Waals surface area contributed by atoms with Crippen molar-refractivity contribution in [1.82, 2.24) is 14.5 Å². The summed E-state index contributed by atoms with van der Waals surface area (Å²) in [5.74, 6) is 8.14. The maximum Gasteiger partial charge on any atom is 0 e. The fourth-order valence-electron chi connectivity index (χ4n) is 9.73. The molecule has 0 fully saturated rings. The van der Waals surface area contributed by atoms with Gasteiger partial charge in [0.15, 0.2) is 0 Å². The van der Waals surface area contributed by atoms with Gasteiger partial charge in [-0.1, -0.05) is 138 Å². The van der Waals surface area contributed by atoms with E-state index >= 15 is 0 Å². The van der Waals surface area contributed by atoms with Crippen LogP contribution in [0.15, 0.2) is 162 Å². The van der Waals surface area contributed by atoms with E-state index in [-0.39, 0.29) is 43.2 Å². The van der Waals surface area contributed by atoms with Gasteiger partial charge in [-0.25, -0.2) is 0 Å². The molecule has 0 saturated carbocycles. The van der Waals surface area contributed by atoms with Crippen LogP contribution in [-0.4, -0.2) is 27.8 Å². The molecule has 0 aliphatic carbocycles. The van der Waals surface area contributed by atoms with Crippen LogP contribution in [0.4, 0.5) is 4.39 Å². The molecular weight excluding hydrogens is 1100 g/mol. The van der Waals surface area contributed by atoms with Crippen molar-refractivity contribution in [3.8, 4) is 39.5 Å². The van der Waals surface area contributed by atoms with E-state index in [0.717, 1.165) is 55.6 Å². The average molecular weight is 1160 g/mol. The average Bonchev–Trinajstić information content (AvgIpc) is 3.91. The van der Waals surface area contributed by atoms with E-state index in [1.54, 1.807) is 6.07 Å². The van der Waals surface area contributed by atoms with Crippen LogP contribution in [0.25, 0.3) is 94.0 Å². The second-order valence-electron chi connectivity index (χ2n) is 21.0. The first kappa shape index (κ1) is 48.8. The van der Waals surface area contributed by atoms with E-state index in [9.17, 15) is 4.39 Å². The van der Waals surface area contributed by atoms with Crippen LogP contribution in [0, 0.1) is 17.9 Å². The third kappa shape index (κ3) is 9.18. The number of pyridine rings is 1. The van der Waals surface area contributed by atoms with Gasteiger partial charge >= 0.3 is 104 Å². The molecule has 3 aromatic heterocycles. The summed E-state index contributed by atoms with van der Waals surface area (Å²) in [6.07, 6.45) is 1.83. The maximum atomic E-state index is 12.8. The fourth-order valence-corrected chi connectivity index (χ4v) is 12.1. The number of hydrogen-bond donors (Lipinski definition) is 0. The molecule has 0 unspecified atom stereocenters. The summed E-state index contributed by atoms with van der Waals surface area (Å²) in [4.78, 5) is 9.75. The predicted octanol–water partition coefficient (Wildman–Crippen LogP) is 17.1. The van der Waals surface area contributed by atoms with Crippen molar-refractivity contribution < 1.29 is 28.9 Å². The van der Waals surface area contributed by atoms with Gasteiger partial charge < -0.3 is 8.98 Å². The SMILES string of the molecule is CC(C)c1cc(-c2ccccc2)cc(C(C)C)c1-n1c(-c2[c-]cc(C(C)(C)C)c3c2oc2cc4c(ccc5ccccc54)cc23)nc2ccccc21.[CH3][Ge]([CH3])([CH3])[c]1ccnc(-c2[c-]cc(F)cc2)c1.[Ir]. The molecule has 353 valence electrons. The van der Waals surface area contributed by atoms with Crippen LogP contribution in [0.1, 0.15) is 77.0 Å². The van der Waals surface area contributed by atoms with Crippen LogP contribution in [0.2, 0.25) is 17.3 Å². The standard InChI is InChI=1S/C49H43N2O.C14H15FGeN.Ir/c1-29(2)37-26-34(31-15-9-8-10-16-31)27-38(30(3)4)46(37)51-43-20-14-13-19-42(43)50-48(51)36-23-24-41(49(5,6)7)45-40-25-33-22-21-32-17-11-12-18-35(32)39(33)28-44(40)52-47(36)45;1-16(2,3)13-8-9-17-14(10-13)11-4-6-12(15)7-5-11;/h8-22,24-30H,1-7H3;4,6-10H,1-3H3;/q2*-1;. The van der Waals surface area contributed by atoms with E-state index in [1.165, 1.54) is 71.6 Å². The van der Waals surface area contributed by atoms with Gasteiger partial charge in [0.1, 0.15) is 5.58 Å². The minimum absolute atomic E-state index is 0. The molecule has 11 aromatic rings. The number of aromatic nitrogens is 3. The van der Waals surface area contributed by atoms with Crippen molar-refractivity contribution in [2.75, 3.05) is 0 Å². The van der Waals surface area contributed by atoms with Gasteiger partial charge in [-0.15, -0.1) is 17.7 Å². The zero-order chi connectivity index (χ0) is 48.4. The number of halogens is 1. The molecule has 8 aromatic carbocycles. The smallest absolute Gasteiger partial charge is 0 e. The molecule has 1 radical (unpaired) electrons. The third-order valence-corrected chi connectivity index (χ3v) is 17.7. The Morgan fingerprint density at radius 3 is 2.03 bits per heavy atom. The second-order valence-corrected chi connectivity index (χ2v) is 31.7. The summed E-state index contributed by atoms with van der Waals surface area (Å²) in [5.41, 5.74) is 13.7. The Morgan fingerprint density at radius 1 is 0.657 bits per heavy atom. The van der Waals surface area contributed by atoms with Crippen molar-refractivity contribution in [1.29, 1.82) is 0 Å². The minimum atomic E-state index is -1.83. The van der Waals surface area contributed by atoms with Crippen LogP contribution in [-0.2, 0) is 25.5 Å². The van der Waals surface area contributed by atoms with Gasteiger partial charge in [-0.05, 0) is 97.4 Å². The summed E-state index contributed by atoms with van der Waals surface area (Å²) in [6, 6.07) is 59.2. The fraction of sp³-hybridized carbons (Fsp3) is 0.206. The summed E-state index contributed by atoms with van der Waals surface area (Å²) < 4.78 is 23.7. The minimum Gasteiger partial charge on any atom is 0 e. The Labute approximate surface area is 427 Å². The first-order valence-corrected chi connectivity index (χ1v) is 31.5. The van der Waals surface area contributed by atoms with Gasteiger partial charge in [-0.2, -0.15) is 0 Å². The molecule has 7 heteroatoms. The van der Waals surface area contributed by atoms with Crippen molar-refractivity contribution in [3.05, 3.63) is 192 Å². The Morgan fingerprint density at radius 2 is 1.34 bits per heavy atom. The Bertz CT molecular complexity index is 3680. The molecule has 70 heavy (non-hydrogen) atoms. The molecule has 0 spiro atoms. The molecule has 11 rings (SSSR count). The van der Waals surface area contributed by atoms with Crippen LogP contribution in [0.5, 0.6) is 0 Å². The largest absolute Gasteiger partial charge is 0 e. The van der Waals surface area contributed by atoms with Gasteiger partial charge in [0.05, 0.1) is 22.4 Å². The number of fused-ring (bicyclic) bond motifs is 7. The van der Waals surface area contributed by atoms with Gasteiger partial charge in [0.2, 0.25) is 0 Å². The van der Waals surface area contributed by atoms with Crippen molar-refractivity contribution in [2.24, 2.45) is 0 Å². The molecule has 0 aliphatic rings. The zero-order valence-electron chi connectivity index (χ0n) is 41.6. The van der Waals surface area contributed by atoms with E-state index in [2.05, 4.69) is 221 Å². The first-order valence-electron chi connectivity index (χ1n) is 24.1. The first-order chi connectivity index (χ1) is 33.0. The molecule has 0 amide bonds. The molecule has 0 saturated heterocycles. The van der Waals surface area contributed by atoms with Crippen molar-refractivity contribution in [3.63, 3.8) is 0 Å². The number of para-hydroxylation sites is 2. The quantitative estimate of drug-likeness (QED) is 0.0907. The Balaban J connectivity index is 0.000000286. The van der Waals surface area contributed by atoms with Gasteiger partial charge in [0.25, 0.3) is 0 Å². The summed E-state index contributed by atoms with van der Waals surface area (Å²) in [6.45, 7) is 16.0. The molecule has 0 aliphatic heterocycles. The molecule has 0 atom stereocenters. The van der Waals surface area contributed by atoms with Crippen LogP contribution < -0.4 is 4.40 Å². The van der Waals surface area contributed by atoms with Crippen molar-refractivity contribution >= 4 is 72.2 Å². The van der Waals surface area contributed by atoms with E-state index in [0.29, 0.717) is 0 Å². The molecule has 0 bridgehead atoms. The number of imidazole rings is 1. The van der Waals surface area contributed by atoms with E-state index < -0.39 is 13.3 Å². The van der Waals surface area contributed by atoms with E-state index in [4.69, 9.17) is 9.40 Å². The number of nitrogens with zero attached hydrogens (tertiary/aromatic N) is 3. The van der Waals surface area contributed by atoms with Crippen molar-refractivity contribution in [2.45, 2.75) is 83.0 Å². The molecule has 3 heterocycles. The van der Waals surface area contributed by atoms with Crippen LogP contribution in [0.3, 0.4) is 0 Å². The predicted molar refractivity (Wildman–Crippen MR) is 291 cm³/mol. The Kier molecular flexibility index (Phi) is 13.4. The monoisotopic (exact) mass is 1160 g/mol. The maximum absolute atomic E-state index is 12.8. The summed E-state index contributed by atoms with van der Waals surface area (Å²) >= 11 is -1.83. The van der Waals surface area contributed by atoms with E-state index in [1.807, 2.05) is 6.20 Å². The van der Waals surface area contributed by atoms with Crippen LogP contribution >= 0.6 is 0 Å². The normalized spacial score (nSPS) is 12.1. The van der Waals surface area contributed by atoms with Gasteiger partial charge in [-0.3, -0.25) is 4.98 Å². The number of benzene rings is 8. The topological polar surface area (TPSA) is 43.9 Å². The summed E-state index contributed by atoms with van der Waals surface area (Å²) in [5, 5.41) is 7.12. The molecular formula is C63H58FGeIrN3O-2. The van der Waals surface area contributed by atoms with Gasteiger partial charge in [0, 0.05) is 31.2 Å². The molecule has 0 N–H and O–H groups in total. The summed E-state index contributed by atoms with van der Waals surface area (Å²) in [7, 11) is 0.